The van der Waals surface area contributed by atoms with Crippen molar-refractivity contribution in [3.8, 4) is 5.75 Å². The predicted molar refractivity (Wildman–Crippen MR) is 103 cm³/mol. The lowest BCUT2D eigenvalue weighted by atomic mass is 9.90. The number of fused-ring (bicyclic) bond motifs is 1. The molecule has 2 aromatic carbocycles. The molecule has 0 spiro atoms. The van der Waals surface area contributed by atoms with Crippen LogP contribution in [0.5, 0.6) is 5.75 Å². The lowest BCUT2D eigenvalue weighted by molar-refractivity contribution is 0.402. The van der Waals surface area contributed by atoms with Crippen molar-refractivity contribution >= 4 is 16.6 Å². The van der Waals surface area contributed by atoms with Crippen LogP contribution >= 0.6 is 0 Å². The zero-order chi connectivity index (χ0) is 17.1. The van der Waals surface area contributed by atoms with Crippen molar-refractivity contribution in [1.29, 1.82) is 0 Å². The molecule has 1 fully saturated rings. The molecule has 25 heavy (non-hydrogen) atoms. The van der Waals surface area contributed by atoms with Crippen LogP contribution in [-0.4, -0.2) is 25.2 Å². The highest BCUT2D eigenvalue weighted by atomic mass is 16.5. The average molecular weight is 332 g/mol. The van der Waals surface area contributed by atoms with Crippen LogP contribution in [0.25, 0.3) is 10.9 Å². The summed E-state index contributed by atoms with van der Waals surface area (Å²) < 4.78 is 5.24. The molecule has 0 atom stereocenters. The number of hydrogen-bond donors (Lipinski definition) is 0. The number of ether oxygens (including phenoxy) is 1. The van der Waals surface area contributed by atoms with Crippen LogP contribution in [0.1, 0.15) is 18.4 Å². The second-order valence-electron chi connectivity index (χ2n) is 6.86. The Morgan fingerprint density at radius 3 is 2.60 bits per heavy atom. The summed E-state index contributed by atoms with van der Waals surface area (Å²) in [6.07, 6.45) is 5.52. The van der Waals surface area contributed by atoms with Crippen molar-refractivity contribution in [1.82, 2.24) is 4.98 Å². The molecule has 4 rings (SSSR count). The molecule has 128 valence electrons. The third-order valence-electron chi connectivity index (χ3n) is 5.25. The summed E-state index contributed by atoms with van der Waals surface area (Å²) in [4.78, 5) is 6.98. The summed E-state index contributed by atoms with van der Waals surface area (Å²) >= 11 is 0. The van der Waals surface area contributed by atoms with Crippen molar-refractivity contribution in [2.24, 2.45) is 5.92 Å². The first-order valence-electron chi connectivity index (χ1n) is 9.04. The first-order chi connectivity index (χ1) is 12.3. The van der Waals surface area contributed by atoms with Gasteiger partial charge >= 0.3 is 0 Å². The Labute approximate surface area is 149 Å². The van der Waals surface area contributed by atoms with E-state index in [1.165, 1.54) is 29.5 Å². The van der Waals surface area contributed by atoms with Crippen molar-refractivity contribution < 1.29 is 4.74 Å². The molecule has 1 aromatic heterocycles. The van der Waals surface area contributed by atoms with E-state index in [0.29, 0.717) is 0 Å². The molecule has 0 saturated carbocycles. The van der Waals surface area contributed by atoms with E-state index in [9.17, 15) is 0 Å². The molecule has 0 N–H and O–H groups in total. The zero-order valence-electron chi connectivity index (χ0n) is 14.7. The lowest BCUT2D eigenvalue weighted by Crippen LogP contribution is -2.34. The number of pyridine rings is 1. The third-order valence-corrected chi connectivity index (χ3v) is 5.25. The van der Waals surface area contributed by atoms with Crippen LogP contribution in [0.15, 0.2) is 60.8 Å². The van der Waals surface area contributed by atoms with Gasteiger partial charge in [0.2, 0.25) is 0 Å². The monoisotopic (exact) mass is 332 g/mol. The SMILES string of the molecule is COc1ccc(CC2CCN(c3ccc4cccnc4c3)CC2)cc1. The van der Waals surface area contributed by atoms with E-state index in [0.717, 1.165) is 36.7 Å². The summed E-state index contributed by atoms with van der Waals surface area (Å²) in [5.41, 5.74) is 3.80. The lowest BCUT2D eigenvalue weighted by Gasteiger charge is -2.33. The summed E-state index contributed by atoms with van der Waals surface area (Å²) in [6.45, 7) is 2.25. The molecule has 3 heteroatoms. The topological polar surface area (TPSA) is 25.4 Å². The number of aromatic nitrogens is 1. The van der Waals surface area contributed by atoms with Crippen LogP contribution < -0.4 is 9.64 Å². The summed E-state index contributed by atoms with van der Waals surface area (Å²) in [5.74, 6) is 1.70. The number of nitrogens with zero attached hydrogens (tertiary/aromatic N) is 2. The highest BCUT2D eigenvalue weighted by molar-refractivity contribution is 5.82. The molecule has 1 aliphatic heterocycles. The Hall–Kier alpha value is -2.55. The van der Waals surface area contributed by atoms with Crippen LogP contribution in [0.3, 0.4) is 0 Å². The third kappa shape index (κ3) is 3.60. The summed E-state index contributed by atoms with van der Waals surface area (Å²) in [7, 11) is 1.72. The second-order valence-corrected chi connectivity index (χ2v) is 6.86. The van der Waals surface area contributed by atoms with Gasteiger partial charge in [-0.2, -0.15) is 0 Å². The van der Waals surface area contributed by atoms with Crippen molar-refractivity contribution in [2.45, 2.75) is 19.3 Å². The van der Waals surface area contributed by atoms with Gasteiger partial charge in [-0.3, -0.25) is 4.98 Å². The average Bonchev–Trinajstić information content (AvgIpc) is 2.69. The predicted octanol–water partition coefficient (Wildman–Crippen LogP) is 4.70. The molecule has 0 amide bonds. The number of benzene rings is 2. The molecule has 3 aromatic rings. The molecule has 0 aliphatic carbocycles. The van der Waals surface area contributed by atoms with Crippen LogP contribution in [0.4, 0.5) is 5.69 Å². The van der Waals surface area contributed by atoms with E-state index in [4.69, 9.17) is 4.74 Å². The second kappa shape index (κ2) is 7.14. The van der Waals surface area contributed by atoms with E-state index < -0.39 is 0 Å². The maximum absolute atomic E-state index is 5.24. The van der Waals surface area contributed by atoms with Crippen LogP contribution in [0, 0.1) is 5.92 Å². The fourth-order valence-corrected chi connectivity index (χ4v) is 3.74. The van der Waals surface area contributed by atoms with Crippen molar-refractivity contribution in [3.05, 3.63) is 66.4 Å². The van der Waals surface area contributed by atoms with Gasteiger partial charge in [0.25, 0.3) is 0 Å². The first-order valence-corrected chi connectivity index (χ1v) is 9.04. The van der Waals surface area contributed by atoms with E-state index >= 15 is 0 Å². The van der Waals surface area contributed by atoms with E-state index in [2.05, 4.69) is 58.4 Å². The van der Waals surface area contributed by atoms with Crippen molar-refractivity contribution in [2.75, 3.05) is 25.1 Å². The number of hydrogen-bond acceptors (Lipinski definition) is 3. The summed E-state index contributed by atoms with van der Waals surface area (Å²) in [5, 5.41) is 1.21. The highest BCUT2D eigenvalue weighted by Gasteiger charge is 2.20. The van der Waals surface area contributed by atoms with Gasteiger partial charge in [0, 0.05) is 30.4 Å². The molecule has 0 radical (unpaired) electrons. The quantitative estimate of drug-likeness (QED) is 0.692. The van der Waals surface area contributed by atoms with Crippen molar-refractivity contribution in [3.63, 3.8) is 0 Å². The summed E-state index contributed by atoms with van der Waals surface area (Å²) in [6, 6.07) is 19.3. The van der Waals surface area contributed by atoms with Gasteiger partial charge in [-0.25, -0.2) is 0 Å². The van der Waals surface area contributed by atoms with E-state index in [1.807, 2.05) is 12.3 Å². The van der Waals surface area contributed by atoms with Gasteiger partial charge < -0.3 is 9.64 Å². The highest BCUT2D eigenvalue weighted by Crippen LogP contribution is 2.28. The number of rotatable bonds is 4. The maximum Gasteiger partial charge on any atom is 0.118 e. The van der Waals surface area contributed by atoms with Gasteiger partial charge in [0.15, 0.2) is 0 Å². The number of anilines is 1. The van der Waals surface area contributed by atoms with Gasteiger partial charge in [-0.05, 0) is 61.1 Å². The molecule has 2 heterocycles. The minimum absolute atomic E-state index is 0.767. The Kier molecular flexibility index (Phi) is 4.55. The first kappa shape index (κ1) is 15.9. The fraction of sp³-hybridized carbons (Fsp3) is 0.318. The largest absolute Gasteiger partial charge is 0.497 e. The molecule has 0 bridgehead atoms. The van der Waals surface area contributed by atoms with Crippen LogP contribution in [0.2, 0.25) is 0 Å². The standard InChI is InChI=1S/C22H24N2O/c1-25-21-8-4-17(5-9-21)15-18-10-13-24(14-11-18)20-7-6-19-3-2-12-23-22(19)16-20/h2-9,12,16,18H,10-11,13-15H2,1H3. The Bertz CT molecular complexity index is 836. The molecule has 1 aliphatic rings. The Balaban J connectivity index is 1.38. The van der Waals surface area contributed by atoms with Gasteiger partial charge in [-0.15, -0.1) is 0 Å². The minimum Gasteiger partial charge on any atom is -0.497 e. The maximum atomic E-state index is 5.24. The smallest absolute Gasteiger partial charge is 0.118 e. The van der Waals surface area contributed by atoms with E-state index in [-0.39, 0.29) is 0 Å². The Morgan fingerprint density at radius 2 is 1.84 bits per heavy atom. The number of methoxy groups -OCH3 is 1. The molecule has 0 unspecified atom stereocenters. The zero-order valence-corrected chi connectivity index (χ0v) is 14.7. The number of piperidine rings is 1. The molecular weight excluding hydrogens is 308 g/mol. The Morgan fingerprint density at radius 1 is 1.04 bits per heavy atom. The van der Waals surface area contributed by atoms with Gasteiger partial charge in [0.05, 0.1) is 12.6 Å². The van der Waals surface area contributed by atoms with Crippen LogP contribution in [-0.2, 0) is 6.42 Å². The molecular formula is C22H24N2O. The van der Waals surface area contributed by atoms with Gasteiger partial charge in [-0.1, -0.05) is 24.3 Å². The molecule has 3 nitrogen and oxygen atoms in total. The molecule has 1 saturated heterocycles. The van der Waals surface area contributed by atoms with E-state index in [1.54, 1.807) is 7.11 Å². The fourth-order valence-electron chi connectivity index (χ4n) is 3.74. The van der Waals surface area contributed by atoms with Gasteiger partial charge in [0.1, 0.15) is 5.75 Å². The minimum atomic E-state index is 0.767. The normalized spacial score (nSPS) is 15.5.